The van der Waals surface area contributed by atoms with Crippen molar-refractivity contribution in [2.75, 3.05) is 9.80 Å². The third kappa shape index (κ3) is 8.64. The number of fused-ring (bicyclic) bond motifs is 7. The van der Waals surface area contributed by atoms with E-state index in [1.54, 1.807) is 0 Å². The molecule has 1 heterocycles. The van der Waals surface area contributed by atoms with Gasteiger partial charge >= 0.3 is 0 Å². The van der Waals surface area contributed by atoms with Crippen molar-refractivity contribution < 1.29 is 0 Å². The first kappa shape index (κ1) is 46.5. The van der Waals surface area contributed by atoms with Gasteiger partial charge < -0.3 is 14.4 Å². The molecular weight excluding hydrogens is 899 g/mol. The summed E-state index contributed by atoms with van der Waals surface area (Å²) >= 11 is 0. The number of nitrogens with zero attached hydrogens (tertiary/aromatic N) is 3. The Hall–Kier alpha value is -6.23. The van der Waals surface area contributed by atoms with Crippen molar-refractivity contribution in [3.8, 4) is 5.69 Å². The molecule has 10 rings (SSSR count). The summed E-state index contributed by atoms with van der Waals surface area (Å²) in [5.74, 6) is 0. The summed E-state index contributed by atoms with van der Waals surface area (Å²) in [6, 6.07) is 72.1. The van der Waals surface area contributed by atoms with Crippen LogP contribution >= 0.6 is 0 Å². The van der Waals surface area contributed by atoms with Gasteiger partial charge in [-0.1, -0.05) is 215 Å². The molecule has 0 unspecified atom stereocenters. The van der Waals surface area contributed by atoms with Crippen molar-refractivity contribution in [3.63, 3.8) is 0 Å². The molecule has 3 nitrogen and oxygen atoms in total. The van der Waals surface area contributed by atoms with Gasteiger partial charge in [0.25, 0.3) is 0 Å². The molecule has 7 heteroatoms. The first-order valence-corrected chi connectivity index (χ1v) is 38.8. The smallest absolute Gasteiger partial charge is 0.0775 e. The molecular formula is C62H67N3Si4. The van der Waals surface area contributed by atoms with Gasteiger partial charge in [0.05, 0.1) is 54.7 Å². The van der Waals surface area contributed by atoms with E-state index in [4.69, 9.17) is 0 Å². The van der Waals surface area contributed by atoms with Crippen molar-refractivity contribution in [2.45, 2.75) is 78.6 Å². The Labute approximate surface area is 414 Å². The van der Waals surface area contributed by atoms with E-state index in [1.807, 2.05) is 0 Å². The van der Waals surface area contributed by atoms with Crippen LogP contribution in [0.2, 0.25) is 78.6 Å². The van der Waals surface area contributed by atoms with Gasteiger partial charge in [-0.15, -0.1) is 0 Å². The molecule has 1 aromatic heterocycles. The first-order chi connectivity index (χ1) is 32.8. The van der Waals surface area contributed by atoms with Crippen molar-refractivity contribution in [1.82, 2.24) is 4.57 Å². The predicted octanol–water partition coefficient (Wildman–Crippen LogP) is 16.2. The normalized spacial score (nSPS) is 12.6. The predicted molar refractivity (Wildman–Crippen MR) is 317 cm³/mol. The van der Waals surface area contributed by atoms with E-state index in [-0.39, 0.29) is 0 Å². The van der Waals surface area contributed by atoms with E-state index < -0.39 is 32.3 Å². The molecule has 0 aliphatic heterocycles. The summed E-state index contributed by atoms with van der Waals surface area (Å²) in [5, 5.41) is 13.3. The maximum atomic E-state index is 2.54. The lowest BCUT2D eigenvalue weighted by atomic mass is 9.96. The van der Waals surface area contributed by atoms with E-state index in [9.17, 15) is 0 Å². The molecule has 0 amide bonds. The van der Waals surface area contributed by atoms with E-state index in [0.29, 0.717) is 0 Å². The summed E-state index contributed by atoms with van der Waals surface area (Å²) in [4.78, 5) is 5.02. The molecule has 0 N–H and O–H groups in total. The number of para-hydroxylation sites is 1. The highest BCUT2D eigenvalue weighted by Gasteiger charge is 2.28. The fraction of sp³-hybridized carbons (Fsp3) is 0.194. The van der Waals surface area contributed by atoms with Gasteiger partial charge in [-0.3, -0.25) is 0 Å². The molecule has 9 aromatic carbocycles. The standard InChI is InChI=1S/C62H67N3Si4/c1-66(2,3)49-34-26-45(27-35-49)63(46-28-36-50(37-29-46)67(4,5)6)57-42-59-61(55-24-18-16-22-53(55)57)62-56-25-19-17-23-54(56)58(43-60(62)65(59)44-20-14-13-15-21-44)64(47-30-38-51(39-31-47)68(7,8)9)48-32-40-52(41-33-48)69(10,11)12/h13-43H,1-12H3. The third-order valence-corrected chi connectivity index (χ3v) is 22.5. The molecule has 0 aliphatic rings. The van der Waals surface area contributed by atoms with Gasteiger partial charge in [-0.25, -0.2) is 0 Å². The van der Waals surface area contributed by atoms with E-state index >= 15 is 0 Å². The molecule has 0 bridgehead atoms. The van der Waals surface area contributed by atoms with E-state index in [2.05, 4.69) is 281 Å². The molecule has 0 radical (unpaired) electrons. The summed E-state index contributed by atoms with van der Waals surface area (Å²) < 4.78 is 2.54. The summed E-state index contributed by atoms with van der Waals surface area (Å²) in [5.41, 5.74) is 10.5. The molecule has 0 saturated carbocycles. The summed E-state index contributed by atoms with van der Waals surface area (Å²) in [6.07, 6.45) is 0. The zero-order valence-electron chi connectivity index (χ0n) is 42.7. The highest BCUT2D eigenvalue weighted by atomic mass is 28.3. The van der Waals surface area contributed by atoms with Crippen LogP contribution in [0.3, 0.4) is 0 Å². The van der Waals surface area contributed by atoms with Crippen molar-refractivity contribution in [3.05, 3.63) is 188 Å². The Kier molecular flexibility index (Phi) is 11.7. The van der Waals surface area contributed by atoms with Gasteiger partial charge in [0.1, 0.15) is 0 Å². The summed E-state index contributed by atoms with van der Waals surface area (Å²) in [6.45, 7) is 29.2. The lowest BCUT2D eigenvalue weighted by Gasteiger charge is -2.29. The fourth-order valence-electron chi connectivity index (χ4n) is 10.2. The van der Waals surface area contributed by atoms with E-state index in [1.165, 1.54) is 64.1 Å². The average molecular weight is 967 g/mol. The maximum Gasteiger partial charge on any atom is 0.0775 e. The van der Waals surface area contributed by atoms with Crippen LogP contribution in [0.4, 0.5) is 34.1 Å². The number of anilines is 6. The van der Waals surface area contributed by atoms with Crippen LogP contribution in [0, 0.1) is 0 Å². The maximum absolute atomic E-state index is 2.54. The molecule has 0 aliphatic carbocycles. The zero-order valence-corrected chi connectivity index (χ0v) is 46.7. The Morgan fingerprint density at radius 2 is 0.551 bits per heavy atom. The van der Waals surface area contributed by atoms with Crippen LogP contribution in [0.5, 0.6) is 0 Å². The largest absolute Gasteiger partial charge is 0.310 e. The zero-order chi connectivity index (χ0) is 48.6. The van der Waals surface area contributed by atoms with Gasteiger partial charge in [0.15, 0.2) is 0 Å². The van der Waals surface area contributed by atoms with Crippen LogP contribution in [-0.2, 0) is 0 Å². The Morgan fingerprint density at radius 3 is 0.826 bits per heavy atom. The average Bonchev–Trinajstić information content (AvgIpc) is 3.66. The van der Waals surface area contributed by atoms with Gasteiger partial charge in [-0.2, -0.15) is 0 Å². The highest BCUT2D eigenvalue weighted by molar-refractivity contribution is 6.90. The molecule has 69 heavy (non-hydrogen) atoms. The SMILES string of the molecule is C[Si](C)(C)c1ccc(N(c2ccc([Si](C)(C)C)cc2)c2cc3c(c4ccccc24)c2c4ccccc4c(N(c4ccc([Si](C)(C)C)cc4)c4ccc([Si](C)(C)C)cc4)cc2n3-c2ccccc2)cc1. The number of hydrogen-bond donors (Lipinski definition) is 0. The minimum Gasteiger partial charge on any atom is -0.310 e. The fourth-order valence-corrected chi connectivity index (χ4v) is 14.9. The molecule has 346 valence electrons. The van der Waals surface area contributed by atoms with Gasteiger partial charge in [0.2, 0.25) is 0 Å². The van der Waals surface area contributed by atoms with Gasteiger partial charge in [-0.05, 0) is 83.6 Å². The number of benzene rings is 9. The van der Waals surface area contributed by atoms with E-state index in [0.717, 1.165) is 39.8 Å². The Morgan fingerprint density at radius 1 is 0.290 bits per heavy atom. The minimum absolute atomic E-state index is 1.14. The Balaban J connectivity index is 1.32. The second-order valence-electron chi connectivity index (χ2n) is 23.2. The quantitative estimate of drug-likeness (QED) is 0.120. The van der Waals surface area contributed by atoms with Crippen LogP contribution in [-0.4, -0.2) is 36.9 Å². The van der Waals surface area contributed by atoms with Crippen LogP contribution in [0.25, 0.3) is 49.0 Å². The van der Waals surface area contributed by atoms with Crippen molar-refractivity contribution in [2.24, 2.45) is 0 Å². The number of aromatic nitrogens is 1. The molecule has 0 spiro atoms. The second-order valence-corrected chi connectivity index (χ2v) is 43.5. The van der Waals surface area contributed by atoms with Crippen LogP contribution in [0.15, 0.2) is 188 Å². The Bertz CT molecular complexity index is 3170. The topological polar surface area (TPSA) is 11.4 Å². The number of rotatable bonds is 11. The molecule has 0 saturated heterocycles. The van der Waals surface area contributed by atoms with Crippen LogP contribution < -0.4 is 30.5 Å². The number of hydrogen-bond acceptors (Lipinski definition) is 2. The lowest BCUT2D eigenvalue weighted by molar-refractivity contribution is 1.18. The minimum atomic E-state index is -1.54. The van der Waals surface area contributed by atoms with Crippen molar-refractivity contribution in [1.29, 1.82) is 0 Å². The summed E-state index contributed by atoms with van der Waals surface area (Å²) in [7, 11) is -6.16. The lowest BCUT2D eigenvalue weighted by Crippen LogP contribution is -2.37. The molecule has 0 atom stereocenters. The van der Waals surface area contributed by atoms with Crippen molar-refractivity contribution >= 4 is 131 Å². The molecule has 0 fully saturated rings. The first-order valence-electron chi connectivity index (χ1n) is 24.8. The van der Waals surface area contributed by atoms with Crippen LogP contribution in [0.1, 0.15) is 0 Å². The second kappa shape index (κ2) is 17.3. The van der Waals surface area contributed by atoms with Gasteiger partial charge in [0, 0.05) is 50.0 Å². The third-order valence-electron chi connectivity index (χ3n) is 14.2. The highest BCUT2D eigenvalue weighted by Crippen LogP contribution is 2.49. The monoisotopic (exact) mass is 965 g/mol. The molecule has 10 aromatic rings.